The van der Waals surface area contributed by atoms with Crippen molar-refractivity contribution < 1.29 is 27.5 Å². The fourth-order valence-electron chi connectivity index (χ4n) is 2.87. The molecule has 2 aromatic carbocycles. The Bertz CT molecular complexity index is 936. The van der Waals surface area contributed by atoms with Crippen molar-refractivity contribution in [2.75, 3.05) is 26.3 Å². The number of carbonyl (C=O) groups is 2. The second-order valence-corrected chi connectivity index (χ2v) is 8.21. The number of nitrogens with zero attached hydrogens (tertiary/aromatic N) is 1. The molecule has 1 saturated heterocycles. The molecule has 1 aliphatic rings. The van der Waals surface area contributed by atoms with Gasteiger partial charge in [-0.1, -0.05) is 24.3 Å². The first kappa shape index (κ1) is 20.0. The molecule has 0 aromatic heterocycles. The Hall–Kier alpha value is -2.71. The summed E-state index contributed by atoms with van der Waals surface area (Å²) in [4.78, 5) is 24.1. The Labute approximate surface area is 163 Å². The maximum Gasteiger partial charge on any atom is 0.338 e. The molecule has 0 bridgehead atoms. The minimum absolute atomic E-state index is 0.0688. The second-order valence-electron chi connectivity index (χ2n) is 6.28. The van der Waals surface area contributed by atoms with E-state index in [1.807, 2.05) is 0 Å². The summed E-state index contributed by atoms with van der Waals surface area (Å²) in [5.41, 5.74) is 0.545. The van der Waals surface area contributed by atoms with Crippen LogP contribution in [-0.4, -0.2) is 51.0 Å². The minimum Gasteiger partial charge on any atom is -0.458 e. The van der Waals surface area contributed by atoms with Gasteiger partial charge in [0.15, 0.2) is 0 Å². The van der Waals surface area contributed by atoms with E-state index >= 15 is 0 Å². The van der Waals surface area contributed by atoms with Crippen LogP contribution in [-0.2, 0) is 19.5 Å². The minimum atomic E-state index is -3.61. The average molecular weight is 403 g/mol. The van der Waals surface area contributed by atoms with Crippen LogP contribution >= 0.6 is 0 Å². The van der Waals surface area contributed by atoms with Gasteiger partial charge in [0, 0.05) is 13.1 Å². The molecule has 1 heterocycles. The molecular formula is C20H21NO6S. The van der Waals surface area contributed by atoms with E-state index < -0.39 is 22.0 Å². The molecule has 0 amide bonds. The first-order valence-corrected chi connectivity index (χ1v) is 10.4. The molecule has 1 fully saturated rings. The molecule has 8 heteroatoms. The SMILES string of the molecule is O=C(OCCOC(=O)c1cccc(S(=O)(=O)N2CCCC2)c1)c1ccccc1. The monoisotopic (exact) mass is 403 g/mol. The van der Waals surface area contributed by atoms with Crippen molar-refractivity contribution >= 4 is 22.0 Å². The number of hydrogen-bond donors (Lipinski definition) is 0. The van der Waals surface area contributed by atoms with Gasteiger partial charge in [0.2, 0.25) is 10.0 Å². The molecule has 2 aromatic rings. The van der Waals surface area contributed by atoms with Crippen molar-refractivity contribution in [2.24, 2.45) is 0 Å². The topological polar surface area (TPSA) is 90.0 Å². The van der Waals surface area contributed by atoms with Gasteiger partial charge in [0.25, 0.3) is 0 Å². The Kier molecular flexibility index (Phi) is 6.43. The van der Waals surface area contributed by atoms with Crippen molar-refractivity contribution in [3.05, 3.63) is 65.7 Å². The highest BCUT2D eigenvalue weighted by molar-refractivity contribution is 7.89. The number of esters is 2. The largest absolute Gasteiger partial charge is 0.458 e. The molecular weight excluding hydrogens is 382 g/mol. The zero-order valence-electron chi connectivity index (χ0n) is 15.2. The van der Waals surface area contributed by atoms with E-state index in [-0.39, 0.29) is 23.7 Å². The van der Waals surface area contributed by atoms with Crippen molar-refractivity contribution in [3.8, 4) is 0 Å². The van der Waals surface area contributed by atoms with Crippen LogP contribution in [0.4, 0.5) is 0 Å². The van der Waals surface area contributed by atoms with Crippen molar-refractivity contribution in [3.63, 3.8) is 0 Å². The highest BCUT2D eigenvalue weighted by Gasteiger charge is 2.27. The van der Waals surface area contributed by atoms with Crippen LogP contribution in [0.15, 0.2) is 59.5 Å². The number of rotatable bonds is 7. The molecule has 148 valence electrons. The summed E-state index contributed by atoms with van der Waals surface area (Å²) in [7, 11) is -3.61. The summed E-state index contributed by atoms with van der Waals surface area (Å²) >= 11 is 0. The van der Waals surface area contributed by atoms with E-state index in [1.54, 1.807) is 30.3 Å². The van der Waals surface area contributed by atoms with Gasteiger partial charge in [0.1, 0.15) is 13.2 Å². The third kappa shape index (κ3) is 4.76. The number of sulfonamides is 1. The van der Waals surface area contributed by atoms with E-state index in [1.165, 1.54) is 28.6 Å². The van der Waals surface area contributed by atoms with Gasteiger partial charge in [-0.2, -0.15) is 4.31 Å². The molecule has 0 N–H and O–H groups in total. The van der Waals surface area contributed by atoms with Crippen molar-refractivity contribution in [1.29, 1.82) is 0 Å². The van der Waals surface area contributed by atoms with E-state index in [2.05, 4.69) is 0 Å². The summed E-state index contributed by atoms with van der Waals surface area (Å²) in [6, 6.07) is 14.3. The van der Waals surface area contributed by atoms with Crippen molar-refractivity contribution in [2.45, 2.75) is 17.7 Å². The van der Waals surface area contributed by atoms with Crippen LogP contribution in [0.2, 0.25) is 0 Å². The predicted molar refractivity (Wildman–Crippen MR) is 101 cm³/mol. The molecule has 0 unspecified atom stereocenters. The zero-order valence-corrected chi connectivity index (χ0v) is 16.1. The van der Waals surface area contributed by atoms with E-state index in [0.717, 1.165) is 12.8 Å². The maximum atomic E-state index is 12.6. The molecule has 0 saturated carbocycles. The molecule has 3 rings (SSSR count). The quantitative estimate of drug-likeness (QED) is 0.521. The molecule has 0 radical (unpaired) electrons. The molecule has 1 aliphatic heterocycles. The number of ether oxygens (including phenoxy) is 2. The molecule has 7 nitrogen and oxygen atoms in total. The highest BCUT2D eigenvalue weighted by Crippen LogP contribution is 2.21. The predicted octanol–water partition coefficient (Wildman–Crippen LogP) is 2.48. The second kappa shape index (κ2) is 8.99. The summed E-state index contributed by atoms with van der Waals surface area (Å²) in [6.45, 7) is 0.763. The Morgan fingerprint density at radius 1 is 0.821 bits per heavy atom. The summed E-state index contributed by atoms with van der Waals surface area (Å²) in [5.74, 6) is -1.18. The van der Waals surface area contributed by atoms with Crippen LogP contribution in [0.3, 0.4) is 0 Å². The first-order valence-electron chi connectivity index (χ1n) is 8.98. The summed E-state index contributed by atoms with van der Waals surface area (Å²) in [5, 5.41) is 0. The van der Waals surface area contributed by atoms with E-state index in [0.29, 0.717) is 18.7 Å². The first-order chi connectivity index (χ1) is 13.5. The van der Waals surface area contributed by atoms with Crippen LogP contribution in [0.1, 0.15) is 33.6 Å². The van der Waals surface area contributed by atoms with E-state index in [9.17, 15) is 18.0 Å². The fourth-order valence-corrected chi connectivity index (χ4v) is 4.43. The van der Waals surface area contributed by atoms with Gasteiger partial charge in [-0.3, -0.25) is 0 Å². The number of hydrogen-bond acceptors (Lipinski definition) is 6. The zero-order chi connectivity index (χ0) is 20.0. The normalized spacial score (nSPS) is 14.6. The maximum absolute atomic E-state index is 12.6. The van der Waals surface area contributed by atoms with Crippen LogP contribution in [0.5, 0.6) is 0 Å². The lowest BCUT2D eigenvalue weighted by molar-refractivity contribution is 0.0265. The molecule has 0 spiro atoms. The lowest BCUT2D eigenvalue weighted by atomic mass is 10.2. The Morgan fingerprint density at radius 2 is 1.39 bits per heavy atom. The third-order valence-electron chi connectivity index (χ3n) is 4.33. The van der Waals surface area contributed by atoms with Crippen LogP contribution < -0.4 is 0 Å². The lowest BCUT2D eigenvalue weighted by Gasteiger charge is -2.15. The van der Waals surface area contributed by atoms with E-state index in [4.69, 9.17) is 9.47 Å². The van der Waals surface area contributed by atoms with Crippen molar-refractivity contribution in [1.82, 2.24) is 4.31 Å². The molecule has 28 heavy (non-hydrogen) atoms. The molecule has 0 aliphatic carbocycles. The van der Waals surface area contributed by atoms with Gasteiger partial charge >= 0.3 is 11.9 Å². The lowest BCUT2D eigenvalue weighted by Crippen LogP contribution is -2.28. The number of benzene rings is 2. The van der Waals surface area contributed by atoms with Gasteiger partial charge in [-0.05, 0) is 43.2 Å². The Balaban J connectivity index is 1.54. The smallest absolute Gasteiger partial charge is 0.338 e. The summed E-state index contributed by atoms with van der Waals surface area (Å²) < 4.78 is 36.7. The van der Waals surface area contributed by atoms with Crippen LogP contribution in [0.25, 0.3) is 0 Å². The van der Waals surface area contributed by atoms with Gasteiger partial charge < -0.3 is 9.47 Å². The standard InChI is InChI=1S/C20H21NO6S/c22-19(16-7-2-1-3-8-16)26-13-14-27-20(23)17-9-6-10-18(15-17)28(24,25)21-11-4-5-12-21/h1-3,6-10,15H,4-5,11-14H2. The van der Waals surface area contributed by atoms with Gasteiger partial charge in [-0.25, -0.2) is 18.0 Å². The van der Waals surface area contributed by atoms with Gasteiger partial charge in [0.05, 0.1) is 16.0 Å². The Morgan fingerprint density at radius 3 is 2.04 bits per heavy atom. The third-order valence-corrected chi connectivity index (χ3v) is 6.23. The molecule has 0 atom stereocenters. The van der Waals surface area contributed by atoms with Crippen LogP contribution in [0, 0.1) is 0 Å². The van der Waals surface area contributed by atoms with Gasteiger partial charge in [-0.15, -0.1) is 0 Å². The number of carbonyl (C=O) groups excluding carboxylic acids is 2. The average Bonchev–Trinajstić information content (AvgIpc) is 3.27. The highest BCUT2D eigenvalue weighted by atomic mass is 32.2. The fraction of sp³-hybridized carbons (Fsp3) is 0.300. The summed E-state index contributed by atoms with van der Waals surface area (Å²) in [6.07, 6.45) is 1.67.